The lowest BCUT2D eigenvalue weighted by Gasteiger charge is -2.26. The summed E-state index contributed by atoms with van der Waals surface area (Å²) in [7, 11) is 0.144. The number of carbonyl (C=O) groups excluding carboxylic acids is 4. The van der Waals surface area contributed by atoms with E-state index in [1.807, 2.05) is 63.2 Å². The lowest BCUT2D eigenvalue weighted by molar-refractivity contribution is -0.130. The number of anilines is 1. The molecule has 0 aliphatic rings. The fourth-order valence-electron chi connectivity index (χ4n) is 5.26. The fraction of sp³-hybridized carbons (Fsp3) is 0.432. The van der Waals surface area contributed by atoms with Crippen molar-refractivity contribution in [1.29, 1.82) is 0 Å². The number of hydrogen-bond acceptors (Lipinski definition) is 8. The van der Waals surface area contributed by atoms with Crippen LogP contribution >= 0.6 is 0 Å². The molecule has 0 radical (unpaired) electrons. The van der Waals surface area contributed by atoms with Gasteiger partial charge in [0.15, 0.2) is 0 Å². The summed E-state index contributed by atoms with van der Waals surface area (Å²) in [5.41, 5.74) is 1.80. The summed E-state index contributed by atoms with van der Waals surface area (Å²) in [6.45, 7) is 9.56. The van der Waals surface area contributed by atoms with Gasteiger partial charge < -0.3 is 26.6 Å². The largest absolute Gasteiger partial charge is 0.355 e. The van der Waals surface area contributed by atoms with Crippen LogP contribution in [0.2, 0.25) is 0 Å². The van der Waals surface area contributed by atoms with Gasteiger partial charge in [0.05, 0.1) is 17.8 Å². The number of rotatable bonds is 18. The van der Waals surface area contributed by atoms with E-state index in [1.54, 1.807) is 26.1 Å². The molecule has 4 atom stereocenters. The number of likely N-dealkylation sites (N-methyl/N-ethyl adjacent to an activating group) is 1. The molecule has 4 amide bonds. The van der Waals surface area contributed by atoms with Crippen LogP contribution in [0.1, 0.15) is 72.6 Å². The van der Waals surface area contributed by atoms with Gasteiger partial charge in [-0.1, -0.05) is 50.2 Å². The van der Waals surface area contributed by atoms with Crippen molar-refractivity contribution in [3.63, 3.8) is 0 Å². The first-order valence-electron chi connectivity index (χ1n) is 17.2. The van der Waals surface area contributed by atoms with Crippen molar-refractivity contribution in [3.05, 3.63) is 95.3 Å². The molecule has 3 rings (SSSR count). The van der Waals surface area contributed by atoms with E-state index in [0.717, 1.165) is 14.2 Å². The summed E-state index contributed by atoms with van der Waals surface area (Å²) >= 11 is 0. The summed E-state index contributed by atoms with van der Waals surface area (Å²) in [6, 6.07) is 16.6. The van der Waals surface area contributed by atoms with Crippen molar-refractivity contribution in [2.24, 2.45) is 5.92 Å². The molecule has 282 valence electrons. The van der Waals surface area contributed by atoms with Gasteiger partial charge in [-0.25, -0.2) is 0 Å². The van der Waals surface area contributed by atoms with Crippen molar-refractivity contribution in [3.8, 4) is 0 Å². The van der Waals surface area contributed by atoms with Crippen molar-refractivity contribution < 1.29 is 27.6 Å². The van der Waals surface area contributed by atoms with Crippen LogP contribution in [0.4, 0.5) is 5.69 Å². The Balaban J connectivity index is 1.90. The van der Waals surface area contributed by atoms with Crippen LogP contribution in [0.25, 0.3) is 0 Å². The molecular weight excluding hydrogens is 685 g/mol. The number of nitrogens with zero attached hydrogens (tertiary/aromatic N) is 3. The second-order valence-corrected chi connectivity index (χ2v) is 15.3. The molecule has 14 nitrogen and oxygen atoms in total. The van der Waals surface area contributed by atoms with E-state index < -0.39 is 40.1 Å². The molecule has 0 fully saturated rings. The molecule has 0 aliphatic heterocycles. The summed E-state index contributed by atoms with van der Waals surface area (Å²) in [6.07, 6.45) is 1.93. The Bertz CT molecular complexity index is 1770. The second kappa shape index (κ2) is 19.1. The summed E-state index contributed by atoms with van der Waals surface area (Å²) in [5.74, 6) is -1.87. The Kier molecular flexibility index (Phi) is 15.3. The van der Waals surface area contributed by atoms with Gasteiger partial charge in [0.1, 0.15) is 6.04 Å². The van der Waals surface area contributed by atoms with Crippen molar-refractivity contribution >= 4 is 39.5 Å². The van der Waals surface area contributed by atoms with E-state index in [-0.39, 0.29) is 53.6 Å². The number of nitrogens with one attached hydrogen (secondary N) is 5. The minimum Gasteiger partial charge on any atom is -0.355 e. The van der Waals surface area contributed by atoms with Crippen LogP contribution in [-0.4, -0.2) is 93.7 Å². The molecule has 0 aliphatic carbocycles. The number of carbonyl (C=O) groups is 4. The van der Waals surface area contributed by atoms with Crippen LogP contribution in [0.5, 0.6) is 0 Å². The Morgan fingerprint density at radius 3 is 1.96 bits per heavy atom. The molecule has 52 heavy (non-hydrogen) atoms. The zero-order valence-electron chi connectivity index (χ0n) is 31.1. The smallest absolute Gasteiger partial charge is 0.303 e. The van der Waals surface area contributed by atoms with Gasteiger partial charge >= 0.3 is 10.2 Å². The average Bonchev–Trinajstić information content (AvgIpc) is 3.12. The van der Waals surface area contributed by atoms with Crippen LogP contribution in [-0.2, 0) is 26.2 Å². The standard InChI is InChI=1S/C37H52N8O6S/c1-9-38-37(49)33(24(2)3)43-34(46)26(5)40-23-31(22-30-17-13-14-18-39-30)42-36(48)29-19-28(20-32(21-29)45(8)52(50,51)44(6)7)35(47)41-25(4)27-15-11-10-12-16-27/h10-21,24-26,31,33,40H,9,22-23H2,1-8H3,(H,38,49)(H,41,47)(H,42,48)(H,43,46)/t25-,26+,31+,33+/m1/s1. The highest BCUT2D eigenvalue weighted by molar-refractivity contribution is 7.90. The first kappa shape index (κ1) is 41.6. The molecule has 1 heterocycles. The first-order valence-corrected chi connectivity index (χ1v) is 18.6. The Morgan fingerprint density at radius 2 is 1.40 bits per heavy atom. The number of benzene rings is 2. The minimum atomic E-state index is -3.97. The average molecular weight is 737 g/mol. The number of hydrogen-bond donors (Lipinski definition) is 5. The van der Waals surface area contributed by atoms with Gasteiger partial charge in [-0.05, 0) is 62.6 Å². The van der Waals surface area contributed by atoms with E-state index in [1.165, 1.54) is 39.3 Å². The number of aromatic nitrogens is 1. The van der Waals surface area contributed by atoms with Gasteiger partial charge in [-0.3, -0.25) is 28.5 Å². The van der Waals surface area contributed by atoms with Crippen LogP contribution in [0.3, 0.4) is 0 Å². The molecule has 2 aromatic carbocycles. The predicted octanol–water partition coefficient (Wildman–Crippen LogP) is 2.41. The van der Waals surface area contributed by atoms with E-state index in [0.29, 0.717) is 12.2 Å². The van der Waals surface area contributed by atoms with Crippen molar-refractivity contribution in [1.82, 2.24) is 35.9 Å². The molecule has 3 aromatic rings. The van der Waals surface area contributed by atoms with E-state index >= 15 is 0 Å². The summed E-state index contributed by atoms with van der Waals surface area (Å²) < 4.78 is 28.2. The Hall–Kier alpha value is -4.86. The van der Waals surface area contributed by atoms with E-state index in [9.17, 15) is 27.6 Å². The zero-order valence-corrected chi connectivity index (χ0v) is 32.0. The zero-order chi connectivity index (χ0) is 38.6. The second-order valence-electron chi connectivity index (χ2n) is 13.1. The number of amides is 4. The quantitative estimate of drug-likeness (QED) is 0.132. The minimum absolute atomic E-state index is 0.0503. The van der Waals surface area contributed by atoms with Gasteiger partial charge in [0, 0.05) is 69.7 Å². The van der Waals surface area contributed by atoms with Crippen LogP contribution in [0, 0.1) is 5.92 Å². The van der Waals surface area contributed by atoms with E-state index in [2.05, 4.69) is 31.6 Å². The normalized spacial score (nSPS) is 13.8. The van der Waals surface area contributed by atoms with Crippen molar-refractivity contribution in [2.45, 2.75) is 65.2 Å². The first-order chi connectivity index (χ1) is 24.5. The molecule has 1 aromatic heterocycles. The van der Waals surface area contributed by atoms with Crippen LogP contribution in [0.15, 0.2) is 72.9 Å². The summed E-state index contributed by atoms with van der Waals surface area (Å²) in [4.78, 5) is 57.6. The molecule has 0 unspecified atom stereocenters. The fourth-order valence-corrected chi connectivity index (χ4v) is 6.12. The molecule has 15 heteroatoms. The lowest BCUT2D eigenvalue weighted by atomic mass is 10.0. The lowest BCUT2D eigenvalue weighted by Crippen LogP contribution is -2.55. The van der Waals surface area contributed by atoms with Gasteiger partial charge in [-0.15, -0.1) is 0 Å². The predicted molar refractivity (Wildman–Crippen MR) is 202 cm³/mol. The third-order valence-corrected chi connectivity index (χ3v) is 10.3. The monoisotopic (exact) mass is 736 g/mol. The van der Waals surface area contributed by atoms with E-state index in [4.69, 9.17) is 0 Å². The molecule has 0 saturated heterocycles. The molecule has 0 bridgehead atoms. The SMILES string of the molecule is CCNC(=O)[C@@H](NC(=O)[C@H](C)NC[C@H](Cc1ccccn1)NC(=O)c1cc(C(=O)N[C@H](C)c2ccccc2)cc(N(C)S(=O)(=O)N(C)C)c1)C(C)C. The highest BCUT2D eigenvalue weighted by Gasteiger charge is 2.28. The maximum absolute atomic E-state index is 14.0. The van der Waals surface area contributed by atoms with Gasteiger partial charge in [-0.2, -0.15) is 12.7 Å². The third kappa shape index (κ3) is 11.6. The molecule has 5 N–H and O–H groups in total. The number of pyridine rings is 1. The van der Waals surface area contributed by atoms with Gasteiger partial charge in [0.25, 0.3) is 11.8 Å². The summed E-state index contributed by atoms with van der Waals surface area (Å²) in [5, 5.41) is 14.6. The van der Waals surface area contributed by atoms with Crippen molar-refractivity contribution in [2.75, 3.05) is 38.5 Å². The van der Waals surface area contributed by atoms with Gasteiger partial charge in [0.2, 0.25) is 11.8 Å². The maximum atomic E-state index is 14.0. The Labute approximate surface area is 307 Å². The highest BCUT2D eigenvalue weighted by Crippen LogP contribution is 2.23. The van der Waals surface area contributed by atoms with Crippen LogP contribution < -0.4 is 30.9 Å². The molecule has 0 spiro atoms. The Morgan fingerprint density at radius 1 is 0.788 bits per heavy atom. The molecule has 0 saturated carbocycles. The molecular formula is C37H52N8O6S. The highest BCUT2D eigenvalue weighted by atomic mass is 32.2. The topological polar surface area (TPSA) is 182 Å². The third-order valence-electron chi connectivity index (χ3n) is 8.44. The maximum Gasteiger partial charge on any atom is 0.303 e.